The van der Waals surface area contributed by atoms with Crippen molar-refractivity contribution in [1.29, 1.82) is 0 Å². The zero-order valence-corrected chi connectivity index (χ0v) is 15.3. The van der Waals surface area contributed by atoms with Crippen molar-refractivity contribution < 1.29 is 18.0 Å². The first-order chi connectivity index (χ1) is 13.9. The molecule has 1 amide bonds. The normalized spacial score (nSPS) is 17.6. The molecule has 0 atom stereocenters. The molecule has 8 nitrogen and oxygen atoms in total. The second-order valence-electron chi connectivity index (χ2n) is 6.81. The third-order valence-corrected chi connectivity index (χ3v) is 4.78. The summed E-state index contributed by atoms with van der Waals surface area (Å²) in [5.74, 6) is 0.171. The first kappa shape index (κ1) is 19.2. The molecule has 0 bridgehead atoms. The Morgan fingerprint density at radius 2 is 1.97 bits per heavy atom. The fraction of sp³-hybridized carbons (Fsp3) is 0.389. The Morgan fingerprint density at radius 3 is 2.66 bits per heavy atom. The number of carbonyl (C=O) groups is 1. The molecular weight excluding hydrogens is 387 g/mol. The van der Waals surface area contributed by atoms with Crippen molar-refractivity contribution in [3.8, 4) is 5.82 Å². The fourth-order valence-corrected chi connectivity index (χ4v) is 3.37. The molecule has 0 saturated heterocycles. The average molecular weight is 405 g/mol. The molecule has 0 aliphatic heterocycles. The van der Waals surface area contributed by atoms with Gasteiger partial charge in [0.15, 0.2) is 5.82 Å². The van der Waals surface area contributed by atoms with Gasteiger partial charge in [-0.2, -0.15) is 13.2 Å². The number of aromatic nitrogens is 5. The summed E-state index contributed by atoms with van der Waals surface area (Å²) < 4.78 is 40.3. The largest absolute Gasteiger partial charge is 0.401 e. The maximum Gasteiger partial charge on any atom is 0.401 e. The van der Waals surface area contributed by atoms with Gasteiger partial charge in [0.2, 0.25) is 5.82 Å². The number of halogens is 3. The predicted octanol–water partition coefficient (Wildman–Crippen LogP) is 2.59. The van der Waals surface area contributed by atoms with Crippen LogP contribution in [0.1, 0.15) is 36.3 Å². The second-order valence-corrected chi connectivity index (χ2v) is 6.81. The number of hydrogen-bond donors (Lipinski definition) is 1. The minimum atomic E-state index is -4.23. The molecule has 29 heavy (non-hydrogen) atoms. The molecule has 3 aromatic rings. The molecule has 1 saturated carbocycles. The molecule has 4 rings (SSSR count). The van der Waals surface area contributed by atoms with Crippen LogP contribution >= 0.6 is 0 Å². The number of rotatable bonds is 4. The summed E-state index contributed by atoms with van der Waals surface area (Å²) >= 11 is 0. The van der Waals surface area contributed by atoms with Crippen molar-refractivity contribution in [2.75, 3.05) is 6.54 Å². The Hall–Kier alpha value is -3.08. The molecule has 0 spiro atoms. The third kappa shape index (κ3) is 4.34. The molecule has 1 aliphatic rings. The van der Waals surface area contributed by atoms with Gasteiger partial charge in [0.1, 0.15) is 11.8 Å². The van der Waals surface area contributed by atoms with E-state index in [1.165, 1.54) is 0 Å². The molecule has 1 aliphatic carbocycles. The van der Waals surface area contributed by atoms with Crippen LogP contribution in [0.4, 0.5) is 13.2 Å². The van der Waals surface area contributed by atoms with Crippen LogP contribution in [0.5, 0.6) is 0 Å². The number of nitrogens with zero attached hydrogens (tertiary/aromatic N) is 6. The number of nitrogens with one attached hydrogen (secondary N) is 1. The van der Waals surface area contributed by atoms with E-state index in [9.17, 15) is 18.0 Å². The Morgan fingerprint density at radius 1 is 1.21 bits per heavy atom. The quantitative estimate of drug-likeness (QED) is 0.721. The maximum absolute atomic E-state index is 12.8. The van der Waals surface area contributed by atoms with E-state index in [2.05, 4.69) is 25.3 Å². The second kappa shape index (κ2) is 7.74. The first-order valence-corrected chi connectivity index (χ1v) is 9.12. The monoisotopic (exact) mass is 405 g/mol. The molecule has 3 heterocycles. The van der Waals surface area contributed by atoms with Gasteiger partial charge in [-0.05, 0) is 25.7 Å². The molecule has 1 N–H and O–H groups in total. The van der Waals surface area contributed by atoms with E-state index in [-0.39, 0.29) is 11.9 Å². The van der Waals surface area contributed by atoms with Crippen LogP contribution in [0.15, 0.2) is 42.3 Å². The van der Waals surface area contributed by atoms with Gasteiger partial charge in [0.05, 0.1) is 12.7 Å². The van der Waals surface area contributed by atoms with Crippen molar-refractivity contribution in [3.05, 3.63) is 43.1 Å². The van der Waals surface area contributed by atoms with Crippen LogP contribution in [-0.2, 0) is 0 Å². The number of aliphatic imine (C=N–C) groups is 1. The molecular formula is C18H18F3N7O. The van der Waals surface area contributed by atoms with E-state index in [1.807, 2.05) is 0 Å². The number of carbonyl (C=O) groups excluding carboxylic acids is 1. The summed E-state index contributed by atoms with van der Waals surface area (Å²) in [5, 5.41) is 2.51. The van der Waals surface area contributed by atoms with Crippen LogP contribution in [0.3, 0.4) is 0 Å². The van der Waals surface area contributed by atoms with E-state index < -0.39 is 18.6 Å². The lowest BCUT2D eigenvalue weighted by Gasteiger charge is -2.24. The molecule has 0 aromatic carbocycles. The summed E-state index contributed by atoms with van der Waals surface area (Å²) in [7, 11) is 0. The van der Waals surface area contributed by atoms with Crippen molar-refractivity contribution >= 4 is 17.1 Å². The van der Waals surface area contributed by atoms with Crippen LogP contribution < -0.4 is 5.32 Å². The summed E-state index contributed by atoms with van der Waals surface area (Å²) in [5.41, 5.74) is 1.31. The van der Waals surface area contributed by atoms with Gasteiger partial charge in [-0.3, -0.25) is 18.7 Å². The van der Waals surface area contributed by atoms with E-state index in [1.54, 1.807) is 46.3 Å². The van der Waals surface area contributed by atoms with Gasteiger partial charge in [-0.25, -0.2) is 15.0 Å². The van der Waals surface area contributed by atoms with Crippen LogP contribution in [0.2, 0.25) is 0 Å². The molecule has 3 aromatic heterocycles. The zero-order chi connectivity index (χ0) is 20.4. The van der Waals surface area contributed by atoms with Crippen LogP contribution in [0.25, 0.3) is 11.3 Å². The predicted molar refractivity (Wildman–Crippen MR) is 98.2 cm³/mol. The molecule has 0 unspecified atom stereocenters. The van der Waals surface area contributed by atoms with E-state index in [4.69, 9.17) is 0 Å². The van der Waals surface area contributed by atoms with Crippen molar-refractivity contribution in [1.82, 2.24) is 29.2 Å². The van der Waals surface area contributed by atoms with Gasteiger partial charge in [-0.1, -0.05) is 0 Å². The number of alkyl halides is 3. The topological polar surface area (TPSA) is 89.5 Å². The summed E-state index contributed by atoms with van der Waals surface area (Å²) in [6.07, 6.45) is 7.41. The van der Waals surface area contributed by atoms with E-state index in [0.717, 1.165) is 0 Å². The lowest BCUT2D eigenvalue weighted by molar-refractivity contribution is -0.126. The summed E-state index contributed by atoms with van der Waals surface area (Å²) in [4.78, 5) is 29.5. The highest BCUT2D eigenvalue weighted by Crippen LogP contribution is 2.21. The van der Waals surface area contributed by atoms with Crippen LogP contribution in [0, 0.1) is 0 Å². The lowest BCUT2D eigenvalue weighted by Crippen LogP contribution is -2.39. The van der Waals surface area contributed by atoms with Gasteiger partial charge in [-0.15, -0.1) is 0 Å². The van der Waals surface area contributed by atoms with Crippen molar-refractivity contribution in [3.63, 3.8) is 0 Å². The van der Waals surface area contributed by atoms with Gasteiger partial charge in [0, 0.05) is 36.5 Å². The van der Waals surface area contributed by atoms with Crippen LogP contribution in [-0.4, -0.2) is 54.3 Å². The van der Waals surface area contributed by atoms with E-state index in [0.29, 0.717) is 42.7 Å². The van der Waals surface area contributed by atoms with Crippen molar-refractivity contribution in [2.24, 2.45) is 4.99 Å². The molecule has 0 radical (unpaired) electrons. The highest BCUT2D eigenvalue weighted by molar-refractivity contribution is 6.03. The highest BCUT2D eigenvalue weighted by atomic mass is 19.4. The Kier molecular flexibility index (Phi) is 5.14. The maximum atomic E-state index is 12.8. The lowest BCUT2D eigenvalue weighted by atomic mass is 9.93. The smallest absolute Gasteiger partial charge is 0.306 e. The van der Waals surface area contributed by atoms with Crippen molar-refractivity contribution in [2.45, 2.75) is 37.9 Å². The molecule has 1 fully saturated rings. The first-order valence-electron chi connectivity index (χ1n) is 9.12. The van der Waals surface area contributed by atoms with E-state index >= 15 is 0 Å². The molecule has 152 valence electrons. The fourth-order valence-electron chi connectivity index (χ4n) is 3.37. The molecule has 11 heteroatoms. The summed E-state index contributed by atoms with van der Waals surface area (Å²) in [6, 6.07) is -0.225. The highest BCUT2D eigenvalue weighted by Gasteiger charge is 2.29. The third-order valence-electron chi connectivity index (χ3n) is 4.78. The number of imidazole rings is 2. The Balaban J connectivity index is 1.50. The standard InChI is InChI=1S/C18H18F3N7O/c19-18(20,21)10-24-12-1-3-13(4-2-12)25-17(29)16-26-15(27-7-5-23-11-27)14-9-22-6-8-28(14)16/h5-9,11-12,24H,1-4,10H2. The van der Waals surface area contributed by atoms with Gasteiger partial charge in [0.25, 0.3) is 0 Å². The Labute approximate surface area is 163 Å². The average Bonchev–Trinajstić information content (AvgIpc) is 3.34. The number of hydrogen-bond acceptors (Lipinski definition) is 5. The number of fused-ring (bicyclic) bond motifs is 1. The Bertz CT molecular complexity index is 1030. The van der Waals surface area contributed by atoms with Gasteiger partial charge < -0.3 is 5.32 Å². The minimum absolute atomic E-state index is 0.149. The minimum Gasteiger partial charge on any atom is -0.306 e. The van der Waals surface area contributed by atoms with Gasteiger partial charge >= 0.3 is 12.1 Å². The number of amides is 1. The SMILES string of the molecule is O=C(N=C1CCC(NCC(F)(F)F)CC1)c1nc(-n2ccnc2)c2cnccn12. The summed E-state index contributed by atoms with van der Waals surface area (Å²) in [6.45, 7) is -1.01. The zero-order valence-electron chi connectivity index (χ0n) is 15.3.